The molecule has 0 aromatic heterocycles. The molecular formula is C72H140O17P2. The molecule has 540 valence electrons. The fourth-order valence-corrected chi connectivity index (χ4v) is 12.5. The lowest BCUT2D eigenvalue weighted by molar-refractivity contribution is -0.161. The Kier molecular flexibility index (Phi) is 64.0. The number of hydrogen-bond donors (Lipinski definition) is 3. The van der Waals surface area contributed by atoms with Crippen LogP contribution in [0.1, 0.15) is 375 Å². The highest BCUT2D eigenvalue weighted by molar-refractivity contribution is 7.47. The van der Waals surface area contributed by atoms with Crippen molar-refractivity contribution < 1.29 is 80.2 Å². The molecule has 0 saturated carbocycles. The van der Waals surface area contributed by atoms with Gasteiger partial charge in [0.1, 0.15) is 19.3 Å². The van der Waals surface area contributed by atoms with E-state index in [1.807, 2.05) is 0 Å². The fourth-order valence-electron chi connectivity index (χ4n) is 11.0. The first-order chi connectivity index (χ1) is 44.1. The monoisotopic (exact) mass is 1340 g/mol. The Balaban J connectivity index is 5.20. The second kappa shape index (κ2) is 65.4. The van der Waals surface area contributed by atoms with Gasteiger partial charge in [-0.05, 0) is 31.6 Å². The first-order valence-electron chi connectivity index (χ1n) is 37.7. The maximum Gasteiger partial charge on any atom is 0.472 e. The molecule has 19 heteroatoms. The molecule has 0 spiro atoms. The van der Waals surface area contributed by atoms with Gasteiger partial charge < -0.3 is 33.8 Å². The first-order valence-corrected chi connectivity index (χ1v) is 40.7. The number of esters is 4. The van der Waals surface area contributed by atoms with Gasteiger partial charge in [0, 0.05) is 25.7 Å². The summed E-state index contributed by atoms with van der Waals surface area (Å²) < 4.78 is 68.3. The van der Waals surface area contributed by atoms with Crippen LogP contribution in [0.3, 0.4) is 0 Å². The minimum Gasteiger partial charge on any atom is -0.462 e. The van der Waals surface area contributed by atoms with Crippen LogP contribution in [-0.4, -0.2) is 96.7 Å². The molecule has 3 N–H and O–H groups in total. The number of phosphoric acid groups is 2. The molecule has 0 aromatic rings. The van der Waals surface area contributed by atoms with Gasteiger partial charge in [0.25, 0.3) is 0 Å². The topological polar surface area (TPSA) is 237 Å². The molecule has 0 heterocycles. The lowest BCUT2D eigenvalue weighted by Crippen LogP contribution is -2.30. The largest absolute Gasteiger partial charge is 0.472 e. The van der Waals surface area contributed by atoms with Crippen molar-refractivity contribution in [3.05, 3.63) is 0 Å². The summed E-state index contributed by atoms with van der Waals surface area (Å²) in [5.41, 5.74) is 0. The number of ether oxygens (including phenoxy) is 4. The third-order valence-electron chi connectivity index (χ3n) is 17.1. The molecular weight excluding hydrogens is 1200 g/mol. The van der Waals surface area contributed by atoms with Gasteiger partial charge in [-0.2, -0.15) is 0 Å². The number of aliphatic hydroxyl groups is 1. The molecule has 0 amide bonds. The highest BCUT2D eigenvalue weighted by Gasteiger charge is 2.30. The van der Waals surface area contributed by atoms with Crippen molar-refractivity contribution in [3.63, 3.8) is 0 Å². The lowest BCUT2D eigenvalue weighted by Gasteiger charge is -2.21. The number of phosphoric ester groups is 2. The summed E-state index contributed by atoms with van der Waals surface area (Å²) in [5.74, 6) is -1.27. The Hall–Kier alpha value is -1.94. The van der Waals surface area contributed by atoms with E-state index in [1.165, 1.54) is 199 Å². The molecule has 0 bridgehead atoms. The van der Waals surface area contributed by atoms with E-state index in [9.17, 15) is 43.2 Å². The number of aliphatic hydroxyl groups excluding tert-OH is 1. The van der Waals surface area contributed by atoms with Crippen LogP contribution in [0.5, 0.6) is 0 Å². The maximum atomic E-state index is 13.0. The molecule has 0 aliphatic rings. The molecule has 17 nitrogen and oxygen atoms in total. The lowest BCUT2D eigenvalue weighted by atomic mass is 9.99. The molecule has 3 unspecified atom stereocenters. The van der Waals surface area contributed by atoms with Crippen molar-refractivity contribution in [2.75, 3.05) is 39.6 Å². The molecule has 0 fully saturated rings. The van der Waals surface area contributed by atoms with Gasteiger partial charge in [0.05, 0.1) is 26.4 Å². The number of carbonyl (C=O) groups excluding carboxylic acids is 4. The van der Waals surface area contributed by atoms with Gasteiger partial charge in [0.2, 0.25) is 0 Å². The minimum atomic E-state index is -4.95. The zero-order valence-electron chi connectivity index (χ0n) is 59.0. The average molecular weight is 1340 g/mol. The summed E-state index contributed by atoms with van der Waals surface area (Å²) >= 11 is 0. The molecule has 0 aromatic carbocycles. The number of hydrogen-bond acceptors (Lipinski definition) is 15. The summed E-state index contributed by atoms with van der Waals surface area (Å²) in [6.45, 7) is 7.29. The SMILES string of the molecule is CCCCCCCCCCCCCCCCCC(=O)OC[C@H](COP(=O)(O)OC[C@@H](O)COP(=O)(O)OC[C@@H](COC(=O)CCCCCCCCCCC)OC(=O)CCCCCCCCCCC)OC(=O)CCCCCCCCCCCCCCCCC(C)CC. The highest BCUT2D eigenvalue weighted by atomic mass is 31.2. The summed E-state index contributed by atoms with van der Waals surface area (Å²) in [6.07, 6.45) is 52.6. The zero-order chi connectivity index (χ0) is 67.0. The molecule has 0 aliphatic heterocycles. The van der Waals surface area contributed by atoms with Gasteiger partial charge in [-0.25, -0.2) is 9.13 Å². The van der Waals surface area contributed by atoms with E-state index in [4.69, 9.17) is 37.0 Å². The van der Waals surface area contributed by atoms with Crippen molar-refractivity contribution in [2.45, 2.75) is 393 Å². The van der Waals surface area contributed by atoms with E-state index < -0.39 is 97.5 Å². The smallest absolute Gasteiger partial charge is 0.462 e. The Bertz CT molecular complexity index is 1760. The zero-order valence-corrected chi connectivity index (χ0v) is 60.8. The predicted molar refractivity (Wildman–Crippen MR) is 368 cm³/mol. The molecule has 91 heavy (non-hydrogen) atoms. The molecule has 0 rings (SSSR count). The molecule has 0 saturated heterocycles. The molecule has 0 radical (unpaired) electrons. The summed E-state index contributed by atoms with van der Waals surface area (Å²) in [4.78, 5) is 72.5. The van der Waals surface area contributed by atoms with Gasteiger partial charge in [0.15, 0.2) is 12.2 Å². The van der Waals surface area contributed by atoms with Crippen molar-refractivity contribution in [3.8, 4) is 0 Å². The van der Waals surface area contributed by atoms with Crippen LogP contribution in [0.25, 0.3) is 0 Å². The summed E-state index contributed by atoms with van der Waals surface area (Å²) in [5, 5.41) is 10.6. The number of rotatable bonds is 72. The van der Waals surface area contributed by atoms with E-state index in [0.717, 1.165) is 95.8 Å². The fraction of sp³-hybridized carbons (Fsp3) is 0.944. The second-order valence-electron chi connectivity index (χ2n) is 26.2. The summed E-state index contributed by atoms with van der Waals surface area (Å²) in [7, 11) is -9.90. The quantitative estimate of drug-likeness (QED) is 0.0222. The van der Waals surface area contributed by atoms with Crippen LogP contribution in [-0.2, 0) is 65.4 Å². The Morgan fingerprint density at radius 1 is 0.308 bits per heavy atom. The van der Waals surface area contributed by atoms with Crippen molar-refractivity contribution >= 4 is 39.5 Å². The van der Waals surface area contributed by atoms with Crippen LogP contribution < -0.4 is 0 Å². The standard InChI is InChI=1S/C72H140O17P2/c1-6-10-13-16-19-22-23-24-25-29-32-37-41-46-51-56-70(75)83-62-68(89-72(77)58-53-48-43-38-33-30-27-26-28-31-36-39-44-49-54-65(5)9-4)64-87-91(80,81)85-60-66(73)59-84-90(78,79)86-63-67(88-71(76)57-52-47-42-35-21-18-15-12-8-3)61-82-69(74)55-50-45-40-34-20-17-14-11-7-2/h65-68,73H,6-64H2,1-5H3,(H,78,79)(H,80,81)/t65?,66-,67+,68+/m0/s1. The Morgan fingerprint density at radius 3 is 0.780 bits per heavy atom. The normalized spacial score (nSPS) is 14.3. The third kappa shape index (κ3) is 65.1. The van der Waals surface area contributed by atoms with Crippen LogP contribution >= 0.6 is 15.6 Å². The maximum absolute atomic E-state index is 13.0. The minimum absolute atomic E-state index is 0.106. The van der Waals surface area contributed by atoms with Gasteiger partial charge in [-0.15, -0.1) is 0 Å². The summed E-state index contributed by atoms with van der Waals surface area (Å²) in [6, 6.07) is 0. The average Bonchev–Trinajstić information content (AvgIpc) is 3.63. The second-order valence-corrected chi connectivity index (χ2v) is 29.1. The van der Waals surface area contributed by atoms with Crippen LogP contribution in [0.2, 0.25) is 0 Å². The van der Waals surface area contributed by atoms with Gasteiger partial charge in [-0.3, -0.25) is 37.3 Å². The number of carbonyl (C=O) groups is 4. The molecule has 6 atom stereocenters. The van der Waals surface area contributed by atoms with Crippen LogP contribution in [0, 0.1) is 5.92 Å². The van der Waals surface area contributed by atoms with E-state index >= 15 is 0 Å². The Labute approximate surface area is 556 Å². The molecule has 0 aliphatic carbocycles. The van der Waals surface area contributed by atoms with Crippen LogP contribution in [0.4, 0.5) is 0 Å². The van der Waals surface area contributed by atoms with E-state index in [0.29, 0.717) is 25.7 Å². The van der Waals surface area contributed by atoms with Crippen molar-refractivity contribution in [1.82, 2.24) is 0 Å². The first kappa shape index (κ1) is 89.1. The number of unbranched alkanes of at least 4 members (excludes halogenated alkanes) is 43. The van der Waals surface area contributed by atoms with Gasteiger partial charge in [-0.1, -0.05) is 324 Å². The van der Waals surface area contributed by atoms with Crippen molar-refractivity contribution in [1.29, 1.82) is 0 Å². The van der Waals surface area contributed by atoms with E-state index in [-0.39, 0.29) is 25.7 Å². The third-order valence-corrected chi connectivity index (χ3v) is 19.0. The van der Waals surface area contributed by atoms with Crippen molar-refractivity contribution in [2.24, 2.45) is 5.92 Å². The Morgan fingerprint density at radius 2 is 0.527 bits per heavy atom. The highest BCUT2D eigenvalue weighted by Crippen LogP contribution is 2.45. The van der Waals surface area contributed by atoms with E-state index in [2.05, 4.69) is 34.6 Å². The van der Waals surface area contributed by atoms with E-state index in [1.54, 1.807) is 0 Å². The van der Waals surface area contributed by atoms with Gasteiger partial charge >= 0.3 is 39.5 Å². The predicted octanol–water partition coefficient (Wildman–Crippen LogP) is 20.9. The van der Waals surface area contributed by atoms with Crippen LogP contribution in [0.15, 0.2) is 0 Å².